The van der Waals surface area contributed by atoms with Crippen LogP contribution in [0.2, 0.25) is 0 Å². The second kappa shape index (κ2) is 60.7. The van der Waals surface area contributed by atoms with Gasteiger partial charge in [0.15, 0.2) is 12.2 Å². The number of aliphatic hydroxyl groups is 1. The van der Waals surface area contributed by atoms with Gasteiger partial charge in [0, 0.05) is 25.7 Å². The van der Waals surface area contributed by atoms with E-state index in [4.69, 9.17) is 37.0 Å². The summed E-state index contributed by atoms with van der Waals surface area (Å²) in [5, 5.41) is 10.6. The third kappa shape index (κ3) is 63.5. The molecule has 0 rings (SSSR count). The molecule has 0 aliphatic heterocycles. The predicted octanol–water partition coefficient (Wildman–Crippen LogP) is 20.1. The molecule has 17 nitrogen and oxygen atoms in total. The van der Waals surface area contributed by atoms with Gasteiger partial charge < -0.3 is 33.8 Å². The van der Waals surface area contributed by atoms with Crippen molar-refractivity contribution >= 4 is 39.5 Å². The molecule has 0 aromatic rings. The average Bonchev–Trinajstić information content (AvgIpc) is 2.75. The lowest BCUT2D eigenvalue weighted by molar-refractivity contribution is -0.161. The van der Waals surface area contributed by atoms with Crippen LogP contribution in [0.1, 0.15) is 351 Å². The summed E-state index contributed by atoms with van der Waals surface area (Å²) < 4.78 is 68.2. The number of hydrogen-bond acceptors (Lipinski definition) is 15. The number of carbonyl (C=O) groups is 4. The molecule has 0 aromatic carbocycles. The molecule has 0 aliphatic rings. The second-order valence-electron chi connectivity index (χ2n) is 27.3. The first-order chi connectivity index (χ1) is 43.1. The molecule has 6 atom stereocenters. The van der Waals surface area contributed by atoms with Crippen LogP contribution in [0.25, 0.3) is 0 Å². The van der Waals surface area contributed by atoms with Gasteiger partial charge in [-0.05, 0) is 49.4 Å². The van der Waals surface area contributed by atoms with Gasteiger partial charge >= 0.3 is 39.5 Å². The predicted molar refractivity (Wildman–Crippen MR) is 363 cm³/mol. The van der Waals surface area contributed by atoms with E-state index in [1.165, 1.54) is 141 Å². The van der Waals surface area contributed by atoms with Crippen LogP contribution >= 0.6 is 15.6 Å². The Balaban J connectivity index is 5.15. The average molecular weight is 1330 g/mol. The zero-order valence-electron chi connectivity index (χ0n) is 58.8. The standard InChI is InChI=1S/C71H138O17P2/c1-9-64(8)50-42-34-28-30-36-44-52-69(74)82-58-66(87-70(75)53-45-37-25-21-19-17-15-13-11-10-12-14-16-18-20-23-31-39-47-61(2)3)59-85-89(77,78)83-55-65(72)56-84-90(79,80)86-60-67(57-81-68(73)51-43-35-29-27-33-41-49-63(6)7)88-71(76)54-46-38-26-22-24-32-40-48-62(4)5/h61-67,72H,9-60H2,1-8H3,(H,77,78)(H,79,80)/t64?,65-,66-,67-/m1/s1. The summed E-state index contributed by atoms with van der Waals surface area (Å²) in [5.74, 6) is 0.792. The minimum Gasteiger partial charge on any atom is -0.462 e. The molecule has 0 radical (unpaired) electrons. The largest absolute Gasteiger partial charge is 0.472 e. The molecule has 0 fully saturated rings. The fraction of sp³-hybridized carbons (Fsp3) is 0.944. The van der Waals surface area contributed by atoms with E-state index in [-0.39, 0.29) is 25.7 Å². The summed E-state index contributed by atoms with van der Waals surface area (Å²) in [6.07, 6.45) is 43.5. The third-order valence-electron chi connectivity index (χ3n) is 16.7. The van der Waals surface area contributed by atoms with Gasteiger partial charge in [-0.1, -0.05) is 299 Å². The number of ether oxygens (including phenoxy) is 4. The van der Waals surface area contributed by atoms with Crippen molar-refractivity contribution in [2.24, 2.45) is 23.7 Å². The number of unbranched alkanes of at least 4 members (excludes halogenated alkanes) is 33. The molecule has 3 unspecified atom stereocenters. The van der Waals surface area contributed by atoms with Gasteiger partial charge in [-0.25, -0.2) is 9.13 Å². The van der Waals surface area contributed by atoms with Crippen LogP contribution < -0.4 is 0 Å². The Morgan fingerprint density at radius 1 is 0.311 bits per heavy atom. The van der Waals surface area contributed by atoms with Crippen LogP contribution in [0.4, 0.5) is 0 Å². The maximum Gasteiger partial charge on any atom is 0.472 e. The van der Waals surface area contributed by atoms with E-state index in [9.17, 15) is 43.2 Å². The van der Waals surface area contributed by atoms with Crippen molar-refractivity contribution in [2.75, 3.05) is 39.6 Å². The summed E-state index contributed by atoms with van der Waals surface area (Å²) in [6.45, 7) is 14.0. The molecule has 534 valence electrons. The Morgan fingerprint density at radius 3 is 0.789 bits per heavy atom. The lowest BCUT2D eigenvalue weighted by Gasteiger charge is -2.21. The fourth-order valence-electron chi connectivity index (χ4n) is 10.6. The Bertz CT molecular complexity index is 1780. The first-order valence-corrected chi connectivity index (χ1v) is 39.7. The molecule has 0 spiro atoms. The van der Waals surface area contributed by atoms with Crippen molar-refractivity contribution < 1.29 is 80.2 Å². The van der Waals surface area contributed by atoms with E-state index >= 15 is 0 Å². The number of phosphoric acid groups is 2. The van der Waals surface area contributed by atoms with Crippen molar-refractivity contribution in [2.45, 2.75) is 369 Å². The number of aliphatic hydroxyl groups excluding tert-OH is 1. The number of esters is 4. The van der Waals surface area contributed by atoms with Crippen molar-refractivity contribution in [3.63, 3.8) is 0 Å². The van der Waals surface area contributed by atoms with E-state index in [2.05, 4.69) is 55.4 Å². The van der Waals surface area contributed by atoms with Crippen molar-refractivity contribution in [3.05, 3.63) is 0 Å². The molecular weight excluding hydrogens is 1190 g/mol. The zero-order valence-corrected chi connectivity index (χ0v) is 60.6. The van der Waals surface area contributed by atoms with Gasteiger partial charge in [-0.2, -0.15) is 0 Å². The summed E-state index contributed by atoms with van der Waals surface area (Å²) in [7, 11) is -9.90. The molecule has 0 saturated heterocycles. The summed E-state index contributed by atoms with van der Waals surface area (Å²) in [4.78, 5) is 72.4. The molecular formula is C71H138O17P2. The molecule has 0 bridgehead atoms. The second-order valence-corrected chi connectivity index (χ2v) is 30.2. The maximum absolute atomic E-state index is 13.0. The molecule has 0 heterocycles. The SMILES string of the molecule is CCC(C)CCCCCCCCC(=O)OC[C@H](COP(=O)(O)OC[C@@H](O)COP(=O)(O)OC[C@@H](COC(=O)CCCCCCCCC(C)C)OC(=O)CCCCCCCCCC(C)C)OC(=O)CCCCCCCCCCCCCCCCCCCCC(C)C. The van der Waals surface area contributed by atoms with E-state index in [1.807, 2.05) is 0 Å². The number of phosphoric ester groups is 2. The minimum absolute atomic E-state index is 0.102. The highest BCUT2D eigenvalue weighted by Gasteiger charge is 2.30. The molecule has 19 heteroatoms. The Morgan fingerprint density at radius 2 is 0.533 bits per heavy atom. The van der Waals surface area contributed by atoms with Gasteiger partial charge in [-0.15, -0.1) is 0 Å². The van der Waals surface area contributed by atoms with Gasteiger partial charge in [0.05, 0.1) is 26.4 Å². The Hall–Kier alpha value is -1.94. The normalized spacial score (nSPS) is 14.6. The van der Waals surface area contributed by atoms with Crippen LogP contribution in [-0.4, -0.2) is 96.7 Å². The monoisotopic (exact) mass is 1320 g/mol. The molecule has 0 aliphatic carbocycles. The van der Waals surface area contributed by atoms with Crippen LogP contribution in [-0.2, 0) is 65.4 Å². The van der Waals surface area contributed by atoms with Gasteiger partial charge in [0.1, 0.15) is 19.3 Å². The third-order valence-corrected chi connectivity index (χ3v) is 18.6. The quantitative estimate of drug-likeness (QED) is 0.0222. The van der Waals surface area contributed by atoms with Crippen LogP contribution in [0.3, 0.4) is 0 Å². The van der Waals surface area contributed by atoms with Crippen molar-refractivity contribution in [1.29, 1.82) is 0 Å². The van der Waals surface area contributed by atoms with Crippen LogP contribution in [0, 0.1) is 23.7 Å². The van der Waals surface area contributed by atoms with Gasteiger partial charge in [0.25, 0.3) is 0 Å². The Kier molecular flexibility index (Phi) is 59.4. The summed E-state index contributed by atoms with van der Waals surface area (Å²) in [6, 6.07) is 0. The van der Waals surface area contributed by atoms with Gasteiger partial charge in [-0.3, -0.25) is 37.3 Å². The highest BCUT2D eigenvalue weighted by Crippen LogP contribution is 2.45. The smallest absolute Gasteiger partial charge is 0.462 e. The highest BCUT2D eigenvalue weighted by molar-refractivity contribution is 7.47. The van der Waals surface area contributed by atoms with Gasteiger partial charge in [0.2, 0.25) is 0 Å². The molecule has 3 N–H and O–H groups in total. The molecule has 90 heavy (non-hydrogen) atoms. The minimum atomic E-state index is -4.95. The molecule has 0 amide bonds. The van der Waals surface area contributed by atoms with E-state index in [0.29, 0.717) is 37.5 Å². The fourth-order valence-corrected chi connectivity index (χ4v) is 12.2. The van der Waals surface area contributed by atoms with E-state index in [0.717, 1.165) is 115 Å². The lowest BCUT2D eigenvalue weighted by Crippen LogP contribution is -2.30. The highest BCUT2D eigenvalue weighted by atomic mass is 31.2. The van der Waals surface area contributed by atoms with E-state index < -0.39 is 97.5 Å². The number of carbonyl (C=O) groups excluding carboxylic acids is 4. The first-order valence-electron chi connectivity index (χ1n) is 36.7. The molecule has 0 saturated carbocycles. The Labute approximate surface area is 549 Å². The summed E-state index contributed by atoms with van der Waals surface area (Å²) in [5.41, 5.74) is 0. The number of rotatable bonds is 68. The number of hydrogen-bond donors (Lipinski definition) is 3. The topological polar surface area (TPSA) is 237 Å². The first kappa shape index (κ1) is 88.1. The van der Waals surface area contributed by atoms with Crippen molar-refractivity contribution in [3.8, 4) is 0 Å². The molecule has 0 aromatic heterocycles. The lowest BCUT2D eigenvalue weighted by atomic mass is 10.00. The van der Waals surface area contributed by atoms with Crippen LogP contribution in [0.5, 0.6) is 0 Å². The maximum atomic E-state index is 13.0. The zero-order chi connectivity index (χ0) is 66.8. The summed E-state index contributed by atoms with van der Waals surface area (Å²) >= 11 is 0. The van der Waals surface area contributed by atoms with Crippen molar-refractivity contribution in [1.82, 2.24) is 0 Å². The van der Waals surface area contributed by atoms with E-state index in [1.54, 1.807) is 0 Å². The van der Waals surface area contributed by atoms with Crippen LogP contribution in [0.15, 0.2) is 0 Å².